The molecule has 20 heavy (non-hydrogen) atoms. The zero-order valence-electron chi connectivity index (χ0n) is 11.0. The lowest BCUT2D eigenvalue weighted by Crippen LogP contribution is -2.29. The molecule has 1 aliphatic carbocycles. The van der Waals surface area contributed by atoms with Crippen LogP contribution in [-0.4, -0.2) is 17.6 Å². The first-order valence-corrected chi connectivity index (χ1v) is 7.62. The van der Waals surface area contributed by atoms with Crippen LogP contribution < -0.4 is 11.1 Å². The third kappa shape index (κ3) is 3.03. The fourth-order valence-electron chi connectivity index (χ4n) is 2.62. The first-order valence-electron chi connectivity index (χ1n) is 6.87. The highest BCUT2D eigenvalue weighted by molar-refractivity contribution is 6.42. The fourth-order valence-corrected chi connectivity index (χ4v) is 2.93. The number of anilines is 1. The van der Waals surface area contributed by atoms with Gasteiger partial charge in [-0.2, -0.15) is 4.98 Å². The summed E-state index contributed by atoms with van der Waals surface area (Å²) >= 11 is 11.9. The van der Waals surface area contributed by atoms with Gasteiger partial charge in [-0.25, -0.2) is 0 Å². The Morgan fingerprint density at radius 1 is 1.20 bits per heavy atom. The van der Waals surface area contributed by atoms with Crippen molar-refractivity contribution < 1.29 is 4.42 Å². The van der Waals surface area contributed by atoms with Crippen LogP contribution in [0.2, 0.25) is 10.0 Å². The zero-order chi connectivity index (χ0) is 14.1. The summed E-state index contributed by atoms with van der Waals surface area (Å²) in [6.07, 6.45) is 4.52. The molecule has 3 rings (SSSR count). The predicted octanol–water partition coefficient (Wildman–Crippen LogP) is 4.06. The molecule has 108 valence electrons. The number of nitrogens with one attached hydrogen (secondary N) is 1. The topological polar surface area (TPSA) is 64.1 Å². The molecule has 1 heterocycles. The Kier molecular flexibility index (Phi) is 4.06. The summed E-state index contributed by atoms with van der Waals surface area (Å²) in [6.45, 7) is 0.862. The van der Waals surface area contributed by atoms with Crippen LogP contribution in [-0.2, 0) is 0 Å². The van der Waals surface area contributed by atoms with Crippen molar-refractivity contribution >= 4 is 40.3 Å². The molecule has 1 saturated carbocycles. The van der Waals surface area contributed by atoms with E-state index in [9.17, 15) is 0 Å². The lowest BCUT2D eigenvalue weighted by atomic mass is 9.86. The Morgan fingerprint density at radius 2 is 1.90 bits per heavy atom. The van der Waals surface area contributed by atoms with Gasteiger partial charge in [0.2, 0.25) is 0 Å². The van der Waals surface area contributed by atoms with Crippen LogP contribution in [0.1, 0.15) is 25.7 Å². The van der Waals surface area contributed by atoms with Crippen LogP contribution >= 0.6 is 23.2 Å². The average Bonchev–Trinajstić information content (AvgIpc) is 2.80. The van der Waals surface area contributed by atoms with Gasteiger partial charge in [0.1, 0.15) is 5.52 Å². The van der Waals surface area contributed by atoms with Crippen LogP contribution in [0, 0.1) is 5.92 Å². The van der Waals surface area contributed by atoms with E-state index >= 15 is 0 Å². The van der Waals surface area contributed by atoms with Gasteiger partial charge in [0.15, 0.2) is 5.58 Å². The summed E-state index contributed by atoms with van der Waals surface area (Å²) in [5.41, 5.74) is 7.27. The Hall–Kier alpha value is -0.970. The standard InChI is InChI=1S/C14H17Cl2N3O/c15-10-5-12-13(6-11(10)16)20-14(19-12)18-7-8-1-3-9(17)4-2-8/h5-6,8-9H,1-4,7,17H2,(H,18,19). The first-order chi connectivity index (χ1) is 9.61. The molecule has 3 N–H and O–H groups in total. The van der Waals surface area contributed by atoms with Crippen LogP contribution in [0.5, 0.6) is 0 Å². The number of nitrogens with two attached hydrogens (primary N) is 1. The van der Waals surface area contributed by atoms with E-state index in [1.54, 1.807) is 12.1 Å². The lowest BCUT2D eigenvalue weighted by Gasteiger charge is -2.25. The van der Waals surface area contributed by atoms with E-state index in [1.807, 2.05) is 0 Å². The van der Waals surface area contributed by atoms with Gasteiger partial charge < -0.3 is 15.5 Å². The Bertz CT molecular complexity index is 567. The molecule has 4 nitrogen and oxygen atoms in total. The second-order valence-corrected chi connectivity index (χ2v) is 6.23. The smallest absolute Gasteiger partial charge is 0.295 e. The van der Waals surface area contributed by atoms with Crippen LogP contribution in [0.15, 0.2) is 16.5 Å². The van der Waals surface area contributed by atoms with Crippen molar-refractivity contribution in [2.24, 2.45) is 11.7 Å². The number of aromatic nitrogens is 1. The fraction of sp³-hybridized carbons (Fsp3) is 0.500. The minimum Gasteiger partial charge on any atom is -0.424 e. The van der Waals surface area contributed by atoms with Crippen molar-refractivity contribution in [1.29, 1.82) is 0 Å². The summed E-state index contributed by atoms with van der Waals surface area (Å²) in [5, 5.41) is 4.21. The molecule has 1 fully saturated rings. The van der Waals surface area contributed by atoms with Gasteiger partial charge in [0, 0.05) is 18.7 Å². The number of benzene rings is 1. The van der Waals surface area contributed by atoms with Gasteiger partial charge >= 0.3 is 0 Å². The first kappa shape index (κ1) is 14.0. The maximum atomic E-state index is 5.96. The molecular formula is C14H17Cl2N3O. The van der Waals surface area contributed by atoms with E-state index in [0.717, 1.165) is 32.2 Å². The van der Waals surface area contributed by atoms with Crippen molar-refractivity contribution in [2.75, 3.05) is 11.9 Å². The molecule has 6 heteroatoms. The normalized spacial score (nSPS) is 23.1. The zero-order valence-corrected chi connectivity index (χ0v) is 12.5. The summed E-state index contributed by atoms with van der Waals surface area (Å²) in [6, 6.07) is 4.30. The Balaban J connectivity index is 1.66. The SMILES string of the molecule is NC1CCC(CNc2nc3cc(Cl)c(Cl)cc3o2)CC1. The lowest BCUT2D eigenvalue weighted by molar-refractivity contribution is 0.337. The van der Waals surface area contributed by atoms with Gasteiger partial charge in [-0.3, -0.25) is 0 Å². The van der Waals surface area contributed by atoms with E-state index in [1.165, 1.54) is 0 Å². The molecule has 0 aliphatic heterocycles. The summed E-state index contributed by atoms with van der Waals surface area (Å²) in [7, 11) is 0. The van der Waals surface area contributed by atoms with Gasteiger partial charge in [-0.1, -0.05) is 23.2 Å². The molecule has 0 spiro atoms. The van der Waals surface area contributed by atoms with Crippen molar-refractivity contribution in [1.82, 2.24) is 4.98 Å². The van der Waals surface area contributed by atoms with Crippen LogP contribution in [0.25, 0.3) is 11.1 Å². The molecule has 0 amide bonds. The monoisotopic (exact) mass is 313 g/mol. The minimum absolute atomic E-state index is 0.375. The predicted molar refractivity (Wildman–Crippen MR) is 82.5 cm³/mol. The molecule has 0 bridgehead atoms. The van der Waals surface area contributed by atoms with Gasteiger partial charge in [-0.15, -0.1) is 0 Å². The minimum atomic E-state index is 0.375. The van der Waals surface area contributed by atoms with E-state index in [4.69, 9.17) is 33.4 Å². The molecule has 0 saturated heterocycles. The van der Waals surface area contributed by atoms with Crippen LogP contribution in [0.4, 0.5) is 6.01 Å². The third-order valence-electron chi connectivity index (χ3n) is 3.86. The molecular weight excluding hydrogens is 297 g/mol. The number of oxazole rings is 1. The van der Waals surface area contributed by atoms with E-state index in [-0.39, 0.29) is 0 Å². The van der Waals surface area contributed by atoms with Crippen molar-refractivity contribution in [3.05, 3.63) is 22.2 Å². The quantitative estimate of drug-likeness (QED) is 0.896. The van der Waals surface area contributed by atoms with E-state index in [2.05, 4.69) is 10.3 Å². The molecule has 1 aliphatic rings. The molecule has 0 radical (unpaired) electrons. The van der Waals surface area contributed by atoms with E-state index < -0.39 is 0 Å². The number of hydrogen-bond acceptors (Lipinski definition) is 4. The average molecular weight is 314 g/mol. The van der Waals surface area contributed by atoms with Crippen molar-refractivity contribution in [3.8, 4) is 0 Å². The summed E-state index contributed by atoms with van der Waals surface area (Å²) in [5.74, 6) is 0.636. The maximum Gasteiger partial charge on any atom is 0.295 e. The molecule has 1 aromatic carbocycles. The van der Waals surface area contributed by atoms with Gasteiger partial charge in [0.05, 0.1) is 10.0 Å². The molecule has 0 unspecified atom stereocenters. The third-order valence-corrected chi connectivity index (χ3v) is 4.59. The second-order valence-electron chi connectivity index (χ2n) is 5.41. The molecule has 1 aromatic heterocycles. The second kappa shape index (κ2) is 5.80. The maximum absolute atomic E-state index is 5.96. The largest absolute Gasteiger partial charge is 0.424 e. The van der Waals surface area contributed by atoms with E-state index in [0.29, 0.717) is 39.1 Å². The summed E-state index contributed by atoms with van der Waals surface area (Å²) < 4.78 is 5.63. The number of hydrogen-bond donors (Lipinski definition) is 2. The highest BCUT2D eigenvalue weighted by atomic mass is 35.5. The Morgan fingerprint density at radius 3 is 2.65 bits per heavy atom. The van der Waals surface area contributed by atoms with Gasteiger partial charge in [-0.05, 0) is 37.7 Å². The summed E-state index contributed by atoms with van der Waals surface area (Å²) in [4.78, 5) is 4.37. The Labute approximate surface area is 127 Å². The van der Waals surface area contributed by atoms with Gasteiger partial charge in [0.25, 0.3) is 6.01 Å². The number of fused-ring (bicyclic) bond motifs is 1. The van der Waals surface area contributed by atoms with Crippen molar-refractivity contribution in [2.45, 2.75) is 31.7 Å². The number of rotatable bonds is 3. The molecule has 0 atom stereocenters. The number of halogens is 2. The highest BCUT2D eigenvalue weighted by Crippen LogP contribution is 2.30. The number of nitrogens with zero attached hydrogens (tertiary/aromatic N) is 1. The van der Waals surface area contributed by atoms with Crippen LogP contribution in [0.3, 0.4) is 0 Å². The molecule has 2 aromatic rings. The highest BCUT2D eigenvalue weighted by Gasteiger charge is 2.19. The van der Waals surface area contributed by atoms with Crippen molar-refractivity contribution in [3.63, 3.8) is 0 Å².